The van der Waals surface area contributed by atoms with E-state index in [-0.39, 0.29) is 12.2 Å². The number of carbonyl (C=O) groups excluding carboxylic acids is 1. The Labute approximate surface area is 168 Å². The second kappa shape index (κ2) is 9.08. The van der Waals surface area contributed by atoms with Crippen molar-refractivity contribution in [2.45, 2.75) is 17.5 Å². The van der Waals surface area contributed by atoms with Gasteiger partial charge < -0.3 is 5.32 Å². The monoisotopic (exact) mass is 424 g/mol. The van der Waals surface area contributed by atoms with Crippen molar-refractivity contribution in [1.29, 1.82) is 0 Å². The van der Waals surface area contributed by atoms with Crippen LogP contribution in [0.25, 0.3) is 5.69 Å². The molecule has 0 aliphatic carbocycles. The lowest BCUT2D eigenvalue weighted by atomic mass is 10.2. The number of hydrogen-bond donors (Lipinski definition) is 1. The van der Waals surface area contributed by atoms with Gasteiger partial charge in [0, 0.05) is 11.4 Å². The van der Waals surface area contributed by atoms with Gasteiger partial charge in [0.2, 0.25) is 0 Å². The van der Waals surface area contributed by atoms with Crippen LogP contribution in [0.4, 0.5) is 17.6 Å². The number of nitrogens with zero attached hydrogens (tertiary/aromatic N) is 3. The molecule has 0 atom stereocenters. The molecule has 0 saturated carbocycles. The van der Waals surface area contributed by atoms with Crippen LogP contribution in [0.3, 0.4) is 0 Å². The van der Waals surface area contributed by atoms with Crippen LogP contribution in [0, 0.1) is 5.82 Å². The van der Waals surface area contributed by atoms with Crippen molar-refractivity contribution in [3.05, 3.63) is 71.8 Å². The van der Waals surface area contributed by atoms with Crippen molar-refractivity contribution >= 4 is 17.7 Å². The van der Waals surface area contributed by atoms with Crippen LogP contribution in [0.15, 0.2) is 59.5 Å². The van der Waals surface area contributed by atoms with Crippen LogP contribution < -0.4 is 5.32 Å². The summed E-state index contributed by atoms with van der Waals surface area (Å²) in [6, 6.07) is 13.9. The Balaban J connectivity index is 1.66. The van der Waals surface area contributed by atoms with Gasteiger partial charge in [-0.25, -0.2) is 9.07 Å². The van der Waals surface area contributed by atoms with Gasteiger partial charge in [-0.1, -0.05) is 23.4 Å². The molecule has 0 saturated heterocycles. The van der Waals surface area contributed by atoms with Gasteiger partial charge in [-0.3, -0.25) is 4.79 Å². The number of thioether (sulfide) groups is 1. The molecule has 0 aliphatic heterocycles. The first kappa shape index (κ1) is 20.8. The van der Waals surface area contributed by atoms with E-state index in [2.05, 4.69) is 15.6 Å². The van der Waals surface area contributed by atoms with E-state index in [0.29, 0.717) is 16.9 Å². The highest BCUT2D eigenvalue weighted by molar-refractivity contribution is 7.99. The quantitative estimate of drug-likeness (QED) is 0.348. The Morgan fingerprint density at radius 2 is 1.76 bits per heavy atom. The molecule has 5 nitrogen and oxygen atoms in total. The zero-order valence-electron chi connectivity index (χ0n) is 15.0. The van der Waals surface area contributed by atoms with Crippen LogP contribution in [0.5, 0.6) is 0 Å². The van der Waals surface area contributed by atoms with E-state index in [1.165, 1.54) is 0 Å². The Hall–Kier alpha value is -2.88. The van der Waals surface area contributed by atoms with Gasteiger partial charge in [0.15, 0.2) is 11.4 Å². The maximum Gasteiger partial charge on any atom is 0.435 e. The average Bonchev–Trinajstić information content (AvgIpc) is 3.15. The first-order valence-electron chi connectivity index (χ1n) is 8.61. The summed E-state index contributed by atoms with van der Waals surface area (Å²) in [4.78, 5) is 13.3. The topological polar surface area (TPSA) is 59.8 Å². The van der Waals surface area contributed by atoms with Crippen molar-refractivity contribution in [1.82, 2.24) is 20.3 Å². The number of halogens is 4. The second-order valence-corrected chi connectivity index (χ2v) is 7.11. The standard InChI is InChI=1S/C19H16F4N4OS/c20-13-7-9-14(10-8-13)27-17(19(21,22)23)16(25-26-27)18(28)24-11-4-12-29-15-5-2-1-3-6-15/h1-3,5-10H,4,11-12H2,(H,24,28). The van der Waals surface area contributed by atoms with E-state index >= 15 is 0 Å². The van der Waals surface area contributed by atoms with Crippen LogP contribution in [0.1, 0.15) is 22.6 Å². The molecule has 0 spiro atoms. The number of carbonyl (C=O) groups is 1. The molecule has 1 aromatic heterocycles. The predicted molar refractivity (Wildman–Crippen MR) is 100 cm³/mol. The number of aromatic nitrogens is 3. The third kappa shape index (κ3) is 5.35. The van der Waals surface area contributed by atoms with Gasteiger partial charge >= 0.3 is 6.18 Å². The lowest BCUT2D eigenvalue weighted by Gasteiger charge is -2.11. The zero-order valence-corrected chi connectivity index (χ0v) is 15.8. The van der Waals surface area contributed by atoms with Crippen molar-refractivity contribution in [3.63, 3.8) is 0 Å². The van der Waals surface area contributed by atoms with Crippen molar-refractivity contribution in [2.75, 3.05) is 12.3 Å². The summed E-state index contributed by atoms with van der Waals surface area (Å²) < 4.78 is 54.2. The molecule has 0 unspecified atom stereocenters. The van der Waals surface area contributed by atoms with E-state index in [1.54, 1.807) is 11.8 Å². The van der Waals surface area contributed by atoms with E-state index in [1.807, 2.05) is 30.3 Å². The molecule has 2 aromatic carbocycles. The molecule has 0 fully saturated rings. The molecule has 3 aromatic rings. The largest absolute Gasteiger partial charge is 0.435 e. The number of benzene rings is 2. The molecular weight excluding hydrogens is 408 g/mol. The first-order valence-corrected chi connectivity index (χ1v) is 9.59. The van der Waals surface area contributed by atoms with E-state index in [4.69, 9.17) is 0 Å². The predicted octanol–water partition coefficient (Wildman–Crippen LogP) is 4.34. The molecule has 10 heteroatoms. The van der Waals surface area contributed by atoms with Gasteiger partial charge in [-0.15, -0.1) is 16.9 Å². The van der Waals surface area contributed by atoms with Crippen LogP contribution >= 0.6 is 11.8 Å². The summed E-state index contributed by atoms with van der Waals surface area (Å²) in [5.74, 6) is -0.872. The smallest absolute Gasteiger partial charge is 0.351 e. The van der Waals surface area contributed by atoms with Gasteiger partial charge in [0.05, 0.1) is 5.69 Å². The Bertz CT molecular complexity index is 959. The Morgan fingerprint density at radius 3 is 2.41 bits per heavy atom. The highest BCUT2D eigenvalue weighted by Gasteiger charge is 2.41. The third-order valence-electron chi connectivity index (χ3n) is 3.84. The number of rotatable bonds is 7. The SMILES string of the molecule is O=C(NCCCSc1ccccc1)c1nnn(-c2ccc(F)cc2)c1C(F)(F)F. The fourth-order valence-corrected chi connectivity index (χ4v) is 3.39. The molecular formula is C19H16F4N4OS. The summed E-state index contributed by atoms with van der Waals surface area (Å²) in [6.07, 6.45) is -4.30. The molecule has 1 N–H and O–H groups in total. The Kier molecular flexibility index (Phi) is 6.53. The van der Waals surface area contributed by atoms with Gasteiger partial charge in [0.1, 0.15) is 5.82 Å². The van der Waals surface area contributed by atoms with E-state index in [9.17, 15) is 22.4 Å². The average molecular weight is 424 g/mol. The van der Waals surface area contributed by atoms with Crippen molar-refractivity contribution in [3.8, 4) is 5.69 Å². The molecule has 29 heavy (non-hydrogen) atoms. The molecule has 0 radical (unpaired) electrons. The lowest BCUT2D eigenvalue weighted by Crippen LogP contribution is -2.28. The summed E-state index contributed by atoms with van der Waals surface area (Å²) in [6.45, 7) is 0.194. The number of nitrogens with one attached hydrogen (secondary N) is 1. The Morgan fingerprint density at radius 1 is 1.07 bits per heavy atom. The lowest BCUT2D eigenvalue weighted by molar-refractivity contribution is -0.143. The highest BCUT2D eigenvalue weighted by atomic mass is 32.2. The molecule has 0 bridgehead atoms. The zero-order chi connectivity index (χ0) is 20.9. The van der Waals surface area contributed by atoms with Gasteiger partial charge in [0.25, 0.3) is 5.91 Å². The minimum Gasteiger partial charge on any atom is -0.351 e. The van der Waals surface area contributed by atoms with Gasteiger partial charge in [-0.05, 0) is 48.6 Å². The minimum atomic E-state index is -4.87. The normalized spacial score (nSPS) is 11.4. The van der Waals surface area contributed by atoms with E-state index in [0.717, 1.165) is 29.2 Å². The summed E-state index contributed by atoms with van der Waals surface area (Å²) in [5, 5.41) is 9.30. The summed E-state index contributed by atoms with van der Waals surface area (Å²) in [7, 11) is 0. The fourth-order valence-electron chi connectivity index (χ4n) is 2.52. The fraction of sp³-hybridized carbons (Fsp3) is 0.211. The van der Waals surface area contributed by atoms with Crippen molar-refractivity contribution < 1.29 is 22.4 Å². The first-order chi connectivity index (χ1) is 13.9. The van der Waals surface area contributed by atoms with Crippen molar-refractivity contribution in [2.24, 2.45) is 0 Å². The number of amides is 1. The molecule has 1 heterocycles. The third-order valence-corrected chi connectivity index (χ3v) is 4.94. The van der Waals surface area contributed by atoms with Gasteiger partial charge in [-0.2, -0.15) is 13.2 Å². The molecule has 1 amide bonds. The highest BCUT2D eigenvalue weighted by Crippen LogP contribution is 2.32. The summed E-state index contributed by atoms with van der Waals surface area (Å²) >= 11 is 1.58. The minimum absolute atomic E-state index is 0.0514. The number of hydrogen-bond acceptors (Lipinski definition) is 4. The second-order valence-electron chi connectivity index (χ2n) is 5.94. The maximum atomic E-state index is 13.5. The maximum absolute atomic E-state index is 13.5. The molecule has 3 rings (SSSR count). The summed E-state index contributed by atoms with van der Waals surface area (Å²) in [5.41, 5.74) is -2.18. The van der Waals surface area contributed by atoms with Crippen LogP contribution in [-0.2, 0) is 6.18 Å². The molecule has 152 valence electrons. The number of alkyl halides is 3. The molecule has 0 aliphatic rings. The van der Waals surface area contributed by atoms with E-state index < -0.39 is 29.3 Å². The van der Waals surface area contributed by atoms with Crippen LogP contribution in [-0.4, -0.2) is 33.2 Å². The van der Waals surface area contributed by atoms with Crippen LogP contribution in [0.2, 0.25) is 0 Å².